The number of rotatable bonds is 7. The number of amides is 2. The highest BCUT2D eigenvalue weighted by atomic mass is 32.2. The van der Waals surface area contributed by atoms with E-state index in [1.54, 1.807) is 0 Å². The molecule has 150 valence electrons. The minimum absolute atomic E-state index is 0.0782. The van der Waals surface area contributed by atoms with Gasteiger partial charge in [-0.25, -0.2) is 0 Å². The fourth-order valence-corrected chi connectivity index (χ4v) is 4.59. The smallest absolute Gasteiger partial charge is 0.268 e. The molecule has 0 N–H and O–H groups in total. The van der Waals surface area contributed by atoms with Crippen molar-refractivity contribution in [3.63, 3.8) is 0 Å². The van der Waals surface area contributed by atoms with Crippen molar-refractivity contribution in [2.75, 3.05) is 19.8 Å². The molecule has 2 aliphatic heterocycles. The maximum atomic E-state index is 13.3. The molecule has 1 saturated heterocycles. The van der Waals surface area contributed by atoms with Crippen LogP contribution < -0.4 is 4.74 Å². The highest BCUT2D eigenvalue weighted by Crippen LogP contribution is 2.40. The molecule has 5 nitrogen and oxygen atoms in total. The summed E-state index contributed by atoms with van der Waals surface area (Å²) in [6, 6.07) is 17.0. The number of nitrogens with zero attached hydrogens (tertiary/aromatic N) is 1. The number of benzene rings is 2. The summed E-state index contributed by atoms with van der Waals surface area (Å²) in [5.74, 6) is 0.235. The molecule has 4 rings (SSSR count). The van der Waals surface area contributed by atoms with Crippen LogP contribution in [0.15, 0.2) is 64.4 Å². The van der Waals surface area contributed by atoms with Gasteiger partial charge in [-0.1, -0.05) is 42.1 Å². The maximum absolute atomic E-state index is 13.3. The Hall–Kier alpha value is -2.57. The maximum Gasteiger partial charge on any atom is 0.268 e. The van der Waals surface area contributed by atoms with Gasteiger partial charge in [0, 0.05) is 11.5 Å². The Morgan fingerprint density at radius 3 is 2.48 bits per heavy atom. The van der Waals surface area contributed by atoms with Gasteiger partial charge in [0.05, 0.1) is 29.7 Å². The number of thioether (sulfide) groups is 1. The molecule has 0 aliphatic carbocycles. The minimum atomic E-state index is -0.256. The van der Waals surface area contributed by atoms with Crippen LogP contribution >= 0.6 is 11.8 Å². The predicted octanol–water partition coefficient (Wildman–Crippen LogP) is 4.14. The summed E-state index contributed by atoms with van der Waals surface area (Å²) < 4.78 is 11.2. The second-order valence-electron chi connectivity index (χ2n) is 6.93. The molecule has 2 aromatic rings. The molecule has 1 fully saturated rings. The number of imide groups is 1. The molecule has 0 radical (unpaired) electrons. The fourth-order valence-electron chi connectivity index (χ4n) is 3.55. The third-order valence-corrected chi connectivity index (χ3v) is 6.04. The number of hydrogen-bond donors (Lipinski definition) is 0. The van der Waals surface area contributed by atoms with Gasteiger partial charge in [-0.05, 0) is 49.6 Å². The normalized spacial score (nSPS) is 19.3. The van der Waals surface area contributed by atoms with E-state index in [2.05, 4.69) is 0 Å². The van der Waals surface area contributed by atoms with Crippen LogP contribution in [0.2, 0.25) is 0 Å². The molecule has 2 amide bonds. The first-order chi connectivity index (χ1) is 14.2. The molecule has 1 unspecified atom stereocenters. The standard InChI is InChI=1S/C23H23NO4S/c1-2-27-17-12-10-16(11-13-17)20-21(29-19-8-4-3-5-9-19)23(26)24(22(20)25)15-18-7-6-14-28-18/h3-5,8-13,18H,2,6-7,14-15H2,1H3. The van der Waals surface area contributed by atoms with E-state index in [4.69, 9.17) is 9.47 Å². The molecule has 0 saturated carbocycles. The number of carbonyl (C=O) groups is 2. The van der Waals surface area contributed by atoms with Crippen LogP contribution in [0.1, 0.15) is 25.3 Å². The summed E-state index contributed by atoms with van der Waals surface area (Å²) in [7, 11) is 0. The Balaban J connectivity index is 1.68. The van der Waals surface area contributed by atoms with Gasteiger partial charge < -0.3 is 9.47 Å². The quantitative estimate of drug-likeness (QED) is 0.644. The molecule has 2 aromatic carbocycles. The highest BCUT2D eigenvalue weighted by molar-refractivity contribution is 8.04. The van der Waals surface area contributed by atoms with E-state index in [9.17, 15) is 9.59 Å². The predicted molar refractivity (Wildman–Crippen MR) is 113 cm³/mol. The Kier molecular flexibility index (Phi) is 6.02. The van der Waals surface area contributed by atoms with Crippen molar-refractivity contribution in [1.29, 1.82) is 0 Å². The average Bonchev–Trinajstić information content (AvgIpc) is 3.33. The van der Waals surface area contributed by atoms with Gasteiger partial charge in [0.25, 0.3) is 11.8 Å². The van der Waals surface area contributed by atoms with Crippen molar-refractivity contribution in [2.45, 2.75) is 30.8 Å². The van der Waals surface area contributed by atoms with Gasteiger partial charge in [0.1, 0.15) is 5.75 Å². The van der Waals surface area contributed by atoms with Crippen molar-refractivity contribution in [1.82, 2.24) is 4.90 Å². The van der Waals surface area contributed by atoms with Gasteiger partial charge in [0.2, 0.25) is 0 Å². The largest absolute Gasteiger partial charge is 0.494 e. The number of hydrogen-bond acceptors (Lipinski definition) is 5. The zero-order valence-electron chi connectivity index (χ0n) is 16.3. The molecular weight excluding hydrogens is 386 g/mol. The number of carbonyl (C=O) groups excluding carboxylic acids is 2. The highest BCUT2D eigenvalue weighted by Gasteiger charge is 2.40. The zero-order chi connectivity index (χ0) is 20.2. The third kappa shape index (κ3) is 4.23. The SMILES string of the molecule is CCOc1ccc(C2=C(Sc3ccccc3)C(=O)N(CC3CCCO3)C2=O)cc1. The van der Waals surface area contributed by atoms with Crippen molar-refractivity contribution >= 4 is 29.1 Å². The van der Waals surface area contributed by atoms with Crippen LogP contribution in [-0.4, -0.2) is 42.6 Å². The molecular formula is C23H23NO4S. The van der Waals surface area contributed by atoms with E-state index in [1.165, 1.54) is 16.7 Å². The van der Waals surface area contributed by atoms with Gasteiger partial charge in [-0.15, -0.1) is 0 Å². The summed E-state index contributed by atoms with van der Waals surface area (Å²) in [5, 5.41) is 0. The van der Waals surface area contributed by atoms with E-state index in [1.807, 2.05) is 61.5 Å². The first kappa shape index (κ1) is 19.7. The molecule has 0 aromatic heterocycles. The molecule has 6 heteroatoms. The molecule has 2 aliphatic rings. The van der Waals surface area contributed by atoms with Gasteiger partial charge in [-0.3, -0.25) is 14.5 Å². The van der Waals surface area contributed by atoms with Crippen LogP contribution in [0.3, 0.4) is 0 Å². The Bertz CT molecular complexity index is 918. The van der Waals surface area contributed by atoms with Gasteiger partial charge >= 0.3 is 0 Å². The summed E-state index contributed by atoms with van der Waals surface area (Å²) >= 11 is 1.34. The van der Waals surface area contributed by atoms with Gasteiger partial charge in [0.15, 0.2) is 0 Å². The topological polar surface area (TPSA) is 55.8 Å². The summed E-state index contributed by atoms with van der Waals surface area (Å²) in [4.78, 5) is 29.2. The summed E-state index contributed by atoms with van der Waals surface area (Å²) in [6.07, 6.45) is 1.76. The van der Waals surface area contributed by atoms with Crippen LogP contribution in [0.25, 0.3) is 5.57 Å². The van der Waals surface area contributed by atoms with Crippen molar-refractivity contribution in [3.8, 4) is 5.75 Å². The third-order valence-electron chi connectivity index (χ3n) is 4.95. The lowest BCUT2D eigenvalue weighted by molar-refractivity contribution is -0.138. The van der Waals surface area contributed by atoms with E-state index in [-0.39, 0.29) is 17.9 Å². The molecule has 0 bridgehead atoms. The summed E-state index contributed by atoms with van der Waals surface area (Å²) in [5.41, 5.74) is 1.17. The van der Waals surface area contributed by atoms with E-state index < -0.39 is 0 Å². The van der Waals surface area contributed by atoms with E-state index in [0.717, 1.165) is 29.1 Å². The lowest BCUT2D eigenvalue weighted by atomic mass is 10.1. The minimum Gasteiger partial charge on any atom is -0.494 e. The van der Waals surface area contributed by atoms with E-state index >= 15 is 0 Å². The molecule has 2 heterocycles. The monoisotopic (exact) mass is 409 g/mol. The Morgan fingerprint density at radius 2 is 1.83 bits per heavy atom. The first-order valence-electron chi connectivity index (χ1n) is 9.85. The zero-order valence-corrected chi connectivity index (χ0v) is 17.1. The van der Waals surface area contributed by atoms with Crippen molar-refractivity contribution < 1.29 is 19.1 Å². The average molecular weight is 410 g/mol. The van der Waals surface area contributed by atoms with Crippen LogP contribution in [0.5, 0.6) is 5.75 Å². The lowest BCUT2D eigenvalue weighted by Crippen LogP contribution is -2.37. The van der Waals surface area contributed by atoms with E-state index in [0.29, 0.717) is 30.2 Å². The molecule has 1 atom stereocenters. The lowest BCUT2D eigenvalue weighted by Gasteiger charge is -2.19. The Morgan fingerprint density at radius 1 is 1.07 bits per heavy atom. The van der Waals surface area contributed by atoms with Crippen LogP contribution in [-0.2, 0) is 14.3 Å². The Labute approximate surface area is 174 Å². The fraction of sp³-hybridized carbons (Fsp3) is 0.304. The van der Waals surface area contributed by atoms with Crippen LogP contribution in [0.4, 0.5) is 0 Å². The van der Waals surface area contributed by atoms with Crippen molar-refractivity contribution in [3.05, 3.63) is 65.1 Å². The van der Waals surface area contributed by atoms with Crippen LogP contribution in [0, 0.1) is 0 Å². The number of ether oxygens (including phenoxy) is 2. The first-order valence-corrected chi connectivity index (χ1v) is 10.7. The van der Waals surface area contributed by atoms with Gasteiger partial charge in [-0.2, -0.15) is 0 Å². The summed E-state index contributed by atoms with van der Waals surface area (Å²) in [6.45, 7) is 3.49. The van der Waals surface area contributed by atoms with Crippen molar-refractivity contribution in [2.24, 2.45) is 0 Å². The second kappa shape index (κ2) is 8.84. The molecule has 0 spiro atoms. The molecule has 29 heavy (non-hydrogen) atoms. The second-order valence-corrected chi connectivity index (χ2v) is 8.02.